The van der Waals surface area contributed by atoms with E-state index >= 15 is 0 Å². The molecule has 3 nitrogen and oxygen atoms in total. The van der Waals surface area contributed by atoms with Crippen molar-refractivity contribution in [1.82, 2.24) is 4.90 Å². The number of aliphatic hydroxyl groups excluding tert-OH is 1. The van der Waals surface area contributed by atoms with Gasteiger partial charge in [0.05, 0.1) is 0 Å². The number of carbonyl (C=O) groups is 1. The van der Waals surface area contributed by atoms with Crippen LogP contribution >= 0.6 is 0 Å². The SMILES string of the molecule is O=C1CCN(C(O)c2ccccc2)CC1. The number of ketones is 1. The molecule has 0 aliphatic carbocycles. The van der Waals surface area contributed by atoms with Crippen LogP contribution in [0.1, 0.15) is 24.6 Å². The third-order valence-corrected chi connectivity index (χ3v) is 2.80. The molecule has 0 aromatic heterocycles. The van der Waals surface area contributed by atoms with Gasteiger partial charge in [-0.05, 0) is 5.56 Å². The van der Waals surface area contributed by atoms with Crippen LogP contribution in [0.4, 0.5) is 0 Å². The van der Waals surface area contributed by atoms with Crippen LogP contribution in [-0.2, 0) is 4.79 Å². The fraction of sp³-hybridized carbons (Fsp3) is 0.417. The second-order valence-corrected chi connectivity index (χ2v) is 3.86. The van der Waals surface area contributed by atoms with E-state index in [1.807, 2.05) is 35.2 Å². The summed E-state index contributed by atoms with van der Waals surface area (Å²) >= 11 is 0. The van der Waals surface area contributed by atoms with Gasteiger partial charge in [-0.15, -0.1) is 0 Å². The molecule has 0 spiro atoms. The van der Waals surface area contributed by atoms with Crippen molar-refractivity contribution in [2.24, 2.45) is 0 Å². The average molecular weight is 205 g/mol. The summed E-state index contributed by atoms with van der Waals surface area (Å²) in [6, 6.07) is 9.56. The van der Waals surface area contributed by atoms with Gasteiger partial charge in [-0.1, -0.05) is 30.3 Å². The van der Waals surface area contributed by atoms with E-state index in [1.165, 1.54) is 0 Å². The summed E-state index contributed by atoms with van der Waals surface area (Å²) in [6.07, 6.45) is 0.549. The summed E-state index contributed by atoms with van der Waals surface area (Å²) in [5, 5.41) is 10.0. The molecule has 80 valence electrons. The number of nitrogens with zero attached hydrogens (tertiary/aromatic N) is 1. The number of aliphatic hydroxyl groups is 1. The fourth-order valence-electron chi connectivity index (χ4n) is 1.85. The van der Waals surface area contributed by atoms with Gasteiger partial charge in [0.15, 0.2) is 0 Å². The van der Waals surface area contributed by atoms with Crippen molar-refractivity contribution in [3.63, 3.8) is 0 Å². The highest BCUT2D eigenvalue weighted by Gasteiger charge is 2.22. The van der Waals surface area contributed by atoms with Crippen molar-refractivity contribution in [2.75, 3.05) is 13.1 Å². The van der Waals surface area contributed by atoms with Gasteiger partial charge in [-0.3, -0.25) is 9.69 Å². The van der Waals surface area contributed by atoms with Crippen molar-refractivity contribution in [1.29, 1.82) is 0 Å². The van der Waals surface area contributed by atoms with Crippen LogP contribution in [-0.4, -0.2) is 28.9 Å². The molecule has 0 saturated carbocycles. The number of piperidine rings is 1. The molecule has 1 fully saturated rings. The minimum absolute atomic E-state index is 0.298. The van der Waals surface area contributed by atoms with Crippen molar-refractivity contribution < 1.29 is 9.90 Å². The van der Waals surface area contributed by atoms with Crippen LogP contribution in [0.5, 0.6) is 0 Å². The van der Waals surface area contributed by atoms with Crippen LogP contribution in [0.3, 0.4) is 0 Å². The molecule has 1 aromatic carbocycles. The number of benzene rings is 1. The lowest BCUT2D eigenvalue weighted by molar-refractivity contribution is -0.124. The Morgan fingerprint density at radius 2 is 1.73 bits per heavy atom. The summed E-state index contributed by atoms with van der Waals surface area (Å²) in [5.41, 5.74) is 0.895. The first-order chi connectivity index (χ1) is 7.27. The summed E-state index contributed by atoms with van der Waals surface area (Å²) in [4.78, 5) is 13.0. The third kappa shape index (κ3) is 2.43. The van der Waals surface area contributed by atoms with Crippen LogP contribution in [0.2, 0.25) is 0 Å². The summed E-state index contributed by atoms with van der Waals surface area (Å²) in [5.74, 6) is 0.298. The van der Waals surface area contributed by atoms with Gasteiger partial charge in [-0.2, -0.15) is 0 Å². The van der Waals surface area contributed by atoms with E-state index in [0.717, 1.165) is 5.56 Å². The molecule has 1 saturated heterocycles. The summed E-state index contributed by atoms with van der Waals surface area (Å²) < 4.78 is 0. The molecule has 2 rings (SSSR count). The van der Waals surface area contributed by atoms with Gasteiger partial charge < -0.3 is 5.11 Å². The molecule has 0 bridgehead atoms. The number of likely N-dealkylation sites (tertiary alicyclic amines) is 1. The molecule has 3 heteroatoms. The zero-order chi connectivity index (χ0) is 10.7. The van der Waals surface area contributed by atoms with E-state index in [-0.39, 0.29) is 0 Å². The molecule has 1 aliphatic heterocycles. The van der Waals surface area contributed by atoms with E-state index in [9.17, 15) is 9.90 Å². The van der Waals surface area contributed by atoms with E-state index in [1.54, 1.807) is 0 Å². The number of carbonyl (C=O) groups excluding carboxylic acids is 1. The molecule has 1 N–H and O–H groups in total. The van der Waals surface area contributed by atoms with Crippen LogP contribution in [0.25, 0.3) is 0 Å². The second kappa shape index (κ2) is 4.55. The highest BCUT2D eigenvalue weighted by Crippen LogP contribution is 2.20. The number of rotatable bonds is 2. The molecule has 1 atom stereocenters. The number of hydrogen-bond acceptors (Lipinski definition) is 3. The molecule has 1 aromatic rings. The highest BCUT2D eigenvalue weighted by molar-refractivity contribution is 5.79. The number of hydrogen-bond donors (Lipinski definition) is 1. The molecule has 1 unspecified atom stereocenters. The zero-order valence-corrected chi connectivity index (χ0v) is 8.60. The van der Waals surface area contributed by atoms with Gasteiger partial charge in [0.2, 0.25) is 0 Å². The minimum atomic E-state index is -0.570. The smallest absolute Gasteiger partial charge is 0.135 e. The van der Waals surface area contributed by atoms with Gasteiger partial charge in [0.1, 0.15) is 12.0 Å². The lowest BCUT2D eigenvalue weighted by Crippen LogP contribution is -2.36. The van der Waals surface area contributed by atoms with E-state index < -0.39 is 6.23 Å². The Morgan fingerprint density at radius 1 is 1.13 bits per heavy atom. The average Bonchev–Trinajstić information content (AvgIpc) is 2.30. The molecule has 1 aliphatic rings. The maximum atomic E-state index is 11.1. The monoisotopic (exact) mass is 205 g/mol. The molecule has 1 heterocycles. The first-order valence-electron chi connectivity index (χ1n) is 5.26. The predicted molar refractivity (Wildman–Crippen MR) is 57.2 cm³/mol. The van der Waals surface area contributed by atoms with Gasteiger partial charge in [-0.25, -0.2) is 0 Å². The van der Waals surface area contributed by atoms with Gasteiger partial charge in [0.25, 0.3) is 0 Å². The summed E-state index contributed by atoms with van der Waals surface area (Å²) in [7, 11) is 0. The van der Waals surface area contributed by atoms with Crippen LogP contribution in [0.15, 0.2) is 30.3 Å². The quantitative estimate of drug-likeness (QED) is 0.792. The standard InChI is InChI=1S/C12H15NO2/c14-11-6-8-13(9-7-11)12(15)10-4-2-1-3-5-10/h1-5,12,15H,6-9H2. The maximum absolute atomic E-state index is 11.1. The Balaban J connectivity index is 2.02. The molecular formula is C12H15NO2. The van der Waals surface area contributed by atoms with Crippen molar-refractivity contribution in [3.05, 3.63) is 35.9 Å². The Morgan fingerprint density at radius 3 is 2.33 bits per heavy atom. The summed E-state index contributed by atoms with van der Waals surface area (Å²) in [6.45, 7) is 1.32. The maximum Gasteiger partial charge on any atom is 0.135 e. The van der Waals surface area contributed by atoms with Crippen molar-refractivity contribution in [3.8, 4) is 0 Å². The first kappa shape index (κ1) is 10.3. The minimum Gasteiger partial charge on any atom is -0.374 e. The topological polar surface area (TPSA) is 40.5 Å². The third-order valence-electron chi connectivity index (χ3n) is 2.80. The molecular weight excluding hydrogens is 190 g/mol. The highest BCUT2D eigenvalue weighted by atomic mass is 16.3. The Hall–Kier alpha value is -1.19. The molecule has 0 amide bonds. The largest absolute Gasteiger partial charge is 0.374 e. The zero-order valence-electron chi connectivity index (χ0n) is 8.60. The Kier molecular flexibility index (Phi) is 3.14. The fourth-order valence-corrected chi connectivity index (χ4v) is 1.85. The van der Waals surface area contributed by atoms with Gasteiger partial charge in [0, 0.05) is 25.9 Å². The van der Waals surface area contributed by atoms with E-state index in [0.29, 0.717) is 31.7 Å². The molecule has 15 heavy (non-hydrogen) atoms. The predicted octanol–water partition coefficient (Wildman–Crippen LogP) is 1.34. The van der Waals surface area contributed by atoms with Gasteiger partial charge >= 0.3 is 0 Å². The number of Topliss-reactive ketones (excluding diaryl/α,β-unsaturated/α-hetero) is 1. The van der Waals surface area contributed by atoms with E-state index in [4.69, 9.17) is 0 Å². The Labute approximate surface area is 89.3 Å². The van der Waals surface area contributed by atoms with Crippen molar-refractivity contribution in [2.45, 2.75) is 19.1 Å². The Bertz CT molecular complexity index is 327. The first-order valence-corrected chi connectivity index (χ1v) is 5.26. The van der Waals surface area contributed by atoms with Crippen molar-refractivity contribution >= 4 is 5.78 Å². The second-order valence-electron chi connectivity index (χ2n) is 3.86. The van der Waals surface area contributed by atoms with Crippen LogP contribution < -0.4 is 0 Å². The van der Waals surface area contributed by atoms with Crippen LogP contribution in [0, 0.1) is 0 Å². The lowest BCUT2D eigenvalue weighted by atomic mass is 10.1. The lowest BCUT2D eigenvalue weighted by Gasteiger charge is -2.30. The van der Waals surface area contributed by atoms with E-state index in [2.05, 4.69) is 0 Å². The normalized spacial score (nSPS) is 20.2. The molecule has 0 radical (unpaired) electrons.